The van der Waals surface area contributed by atoms with Crippen LogP contribution in [-0.2, 0) is 11.0 Å². The van der Waals surface area contributed by atoms with Gasteiger partial charge in [-0.2, -0.15) is 23.5 Å². The zero-order chi connectivity index (χ0) is 32.8. The number of carbonyl (C=O) groups excluding carboxylic acids is 3. The Kier molecular flexibility index (Phi) is 7.59. The highest BCUT2D eigenvalue weighted by Gasteiger charge is 2.50. The molecule has 6 rings (SSSR count). The molecule has 3 aromatic carbocycles. The van der Waals surface area contributed by atoms with Crippen molar-refractivity contribution in [2.45, 2.75) is 43.4 Å². The quantitative estimate of drug-likeness (QED) is 0.275. The van der Waals surface area contributed by atoms with Gasteiger partial charge in [0.15, 0.2) is 5.69 Å². The van der Waals surface area contributed by atoms with E-state index in [1.165, 1.54) is 27.8 Å². The molecule has 0 saturated heterocycles. The molecule has 4 aromatic rings. The molecule has 3 amide bonds. The third-order valence-corrected chi connectivity index (χ3v) is 8.15. The normalized spacial score (nSPS) is 18.3. The minimum Gasteiger partial charge on any atom is -0.339 e. The van der Waals surface area contributed by atoms with Gasteiger partial charge in [0.05, 0.1) is 17.3 Å². The number of hydrogen-bond acceptors (Lipinski definition) is 5. The first-order chi connectivity index (χ1) is 22.0. The zero-order valence-corrected chi connectivity index (χ0v) is 24.3. The van der Waals surface area contributed by atoms with Crippen LogP contribution in [0.15, 0.2) is 78.9 Å². The Morgan fingerprint density at radius 2 is 1.72 bits per heavy atom. The van der Waals surface area contributed by atoms with E-state index in [-0.39, 0.29) is 29.2 Å². The van der Waals surface area contributed by atoms with Gasteiger partial charge < -0.3 is 10.6 Å². The lowest BCUT2D eigenvalue weighted by Gasteiger charge is -2.38. The van der Waals surface area contributed by atoms with Crippen LogP contribution in [0.2, 0.25) is 0 Å². The molecule has 234 valence electrons. The van der Waals surface area contributed by atoms with Crippen molar-refractivity contribution in [2.24, 2.45) is 0 Å². The molecule has 1 aromatic heterocycles. The highest BCUT2D eigenvalue weighted by Crippen LogP contribution is 2.44. The van der Waals surface area contributed by atoms with E-state index < -0.39 is 52.8 Å². The predicted molar refractivity (Wildman–Crippen MR) is 158 cm³/mol. The summed E-state index contributed by atoms with van der Waals surface area (Å²) in [4.78, 5) is 43.0. The van der Waals surface area contributed by atoms with Gasteiger partial charge in [0, 0.05) is 23.6 Å². The van der Waals surface area contributed by atoms with Crippen LogP contribution >= 0.6 is 0 Å². The number of halogens is 4. The van der Waals surface area contributed by atoms with Crippen LogP contribution in [0.4, 0.5) is 23.4 Å². The van der Waals surface area contributed by atoms with Gasteiger partial charge in [-0.1, -0.05) is 36.4 Å². The van der Waals surface area contributed by atoms with Crippen LogP contribution in [0.3, 0.4) is 0 Å². The number of nitriles is 1. The number of benzene rings is 3. The zero-order valence-electron chi connectivity index (χ0n) is 24.3. The van der Waals surface area contributed by atoms with E-state index in [2.05, 4.69) is 21.8 Å². The van der Waals surface area contributed by atoms with Gasteiger partial charge in [0.2, 0.25) is 0 Å². The number of fused-ring (bicyclic) bond motifs is 1. The van der Waals surface area contributed by atoms with Gasteiger partial charge in [0.25, 0.3) is 17.7 Å². The van der Waals surface area contributed by atoms with E-state index in [1.807, 2.05) is 0 Å². The average molecular weight is 631 g/mol. The average Bonchev–Trinajstić information content (AvgIpc) is 3.72. The first-order valence-corrected chi connectivity index (χ1v) is 14.4. The molecular weight excluding hydrogens is 604 g/mol. The Morgan fingerprint density at radius 3 is 2.33 bits per heavy atom. The Hall–Kier alpha value is -5.51. The first kappa shape index (κ1) is 30.5. The number of amides is 3. The van der Waals surface area contributed by atoms with E-state index in [9.17, 15) is 37.2 Å². The fraction of sp³-hybridized carbons (Fsp3) is 0.242. The standard InChI is InChI=1S/C33H26F4N6O3/c1-2-42-30-25(26(29(45)40-32(18-38)15-16-32)41-43(30)23-9-4-3-5-10-23)24(19-11-13-22(34)14-12-19)27(31(42)46)39-28(44)20-7-6-8-21(17-20)33(35,36)37/h3-14,17,24,27H,2,15-16H2,1H3,(H,39,44)(H,40,45). The van der Waals surface area contributed by atoms with Gasteiger partial charge in [0.1, 0.15) is 23.2 Å². The van der Waals surface area contributed by atoms with Crippen molar-refractivity contribution in [3.63, 3.8) is 0 Å². The Bertz CT molecular complexity index is 1880. The second-order valence-electron chi connectivity index (χ2n) is 11.1. The van der Waals surface area contributed by atoms with Crippen molar-refractivity contribution >= 4 is 23.5 Å². The van der Waals surface area contributed by atoms with Crippen LogP contribution in [-0.4, -0.2) is 45.6 Å². The summed E-state index contributed by atoms with van der Waals surface area (Å²) in [5.41, 5.74) is -1.51. The molecule has 1 saturated carbocycles. The lowest BCUT2D eigenvalue weighted by atomic mass is 9.80. The van der Waals surface area contributed by atoms with E-state index in [0.717, 1.165) is 24.3 Å². The van der Waals surface area contributed by atoms with E-state index in [0.29, 0.717) is 30.2 Å². The van der Waals surface area contributed by atoms with Crippen molar-refractivity contribution in [2.75, 3.05) is 11.4 Å². The number of alkyl halides is 3. The van der Waals surface area contributed by atoms with E-state index in [4.69, 9.17) is 0 Å². The van der Waals surface area contributed by atoms with Crippen LogP contribution < -0.4 is 15.5 Å². The van der Waals surface area contributed by atoms with E-state index >= 15 is 0 Å². The summed E-state index contributed by atoms with van der Waals surface area (Å²) in [6, 6.07) is 18.3. The molecule has 13 heteroatoms. The minimum absolute atomic E-state index is 0.0691. The molecule has 1 fully saturated rings. The maximum atomic E-state index is 14.3. The second-order valence-corrected chi connectivity index (χ2v) is 11.1. The lowest BCUT2D eigenvalue weighted by molar-refractivity contribution is -0.137. The monoisotopic (exact) mass is 630 g/mol. The summed E-state index contributed by atoms with van der Waals surface area (Å²) in [6.07, 6.45) is -3.83. The number of anilines is 1. The summed E-state index contributed by atoms with van der Waals surface area (Å²) < 4.78 is 55.9. The number of nitrogens with one attached hydrogen (secondary N) is 2. The molecule has 2 unspecified atom stereocenters. The molecule has 46 heavy (non-hydrogen) atoms. The largest absolute Gasteiger partial charge is 0.416 e. The molecule has 0 bridgehead atoms. The summed E-state index contributed by atoms with van der Waals surface area (Å²) in [5.74, 6) is -3.75. The van der Waals surface area contributed by atoms with Crippen molar-refractivity contribution in [1.29, 1.82) is 5.26 Å². The van der Waals surface area contributed by atoms with Crippen molar-refractivity contribution in [3.8, 4) is 11.8 Å². The van der Waals surface area contributed by atoms with Crippen LogP contribution in [0, 0.1) is 17.1 Å². The fourth-order valence-corrected chi connectivity index (χ4v) is 5.67. The molecule has 2 N–H and O–H groups in total. The smallest absolute Gasteiger partial charge is 0.339 e. The number of carbonyl (C=O) groups is 3. The van der Waals surface area contributed by atoms with Gasteiger partial charge >= 0.3 is 6.18 Å². The molecule has 9 nitrogen and oxygen atoms in total. The third-order valence-electron chi connectivity index (χ3n) is 8.15. The Labute approximate surface area is 260 Å². The van der Waals surface area contributed by atoms with Crippen LogP contribution in [0.1, 0.15) is 63.2 Å². The topological polar surface area (TPSA) is 120 Å². The summed E-state index contributed by atoms with van der Waals surface area (Å²) in [5, 5.41) is 19.7. The fourth-order valence-electron chi connectivity index (χ4n) is 5.67. The second kappa shape index (κ2) is 11.4. The van der Waals surface area contributed by atoms with Gasteiger partial charge in [-0.25, -0.2) is 9.07 Å². The maximum absolute atomic E-state index is 14.3. The molecule has 1 aliphatic heterocycles. The molecule has 2 heterocycles. The number of hydrogen-bond donors (Lipinski definition) is 2. The first-order valence-electron chi connectivity index (χ1n) is 14.4. The predicted octanol–water partition coefficient (Wildman–Crippen LogP) is 5.11. The molecule has 2 atom stereocenters. The molecule has 0 radical (unpaired) electrons. The number of nitrogens with zero attached hydrogens (tertiary/aromatic N) is 4. The molecular formula is C33H26F4N6O3. The Morgan fingerprint density at radius 1 is 1.02 bits per heavy atom. The van der Waals surface area contributed by atoms with Gasteiger partial charge in [-0.15, -0.1) is 0 Å². The highest BCUT2D eigenvalue weighted by molar-refractivity contribution is 6.07. The number of para-hydroxylation sites is 1. The van der Waals surface area contributed by atoms with Gasteiger partial charge in [-0.05, 0) is 67.8 Å². The third kappa shape index (κ3) is 5.47. The molecule has 1 aliphatic carbocycles. The summed E-state index contributed by atoms with van der Waals surface area (Å²) >= 11 is 0. The van der Waals surface area contributed by atoms with Crippen LogP contribution in [0.5, 0.6) is 0 Å². The molecule has 0 spiro atoms. The van der Waals surface area contributed by atoms with Crippen LogP contribution in [0.25, 0.3) is 5.69 Å². The molecule has 2 aliphatic rings. The lowest BCUT2D eigenvalue weighted by Crippen LogP contribution is -2.55. The maximum Gasteiger partial charge on any atom is 0.416 e. The minimum atomic E-state index is -4.71. The van der Waals surface area contributed by atoms with Crippen molar-refractivity contribution in [1.82, 2.24) is 20.4 Å². The highest BCUT2D eigenvalue weighted by atomic mass is 19.4. The number of aromatic nitrogens is 2. The van der Waals surface area contributed by atoms with E-state index in [1.54, 1.807) is 37.3 Å². The van der Waals surface area contributed by atoms with Crippen molar-refractivity contribution in [3.05, 3.63) is 113 Å². The number of rotatable bonds is 7. The summed E-state index contributed by atoms with van der Waals surface area (Å²) in [6.45, 7) is 1.75. The van der Waals surface area contributed by atoms with Gasteiger partial charge in [-0.3, -0.25) is 19.3 Å². The number of likely N-dealkylation sites (N-methyl/N-ethyl adjacent to an activating group) is 1. The summed E-state index contributed by atoms with van der Waals surface area (Å²) in [7, 11) is 0. The SMILES string of the molecule is CCN1C(=O)C(NC(=O)c2cccc(C(F)(F)F)c2)C(c2ccc(F)cc2)c2c(C(=O)NC3(C#N)CC3)nn(-c3ccccc3)c21. The Balaban J connectivity index is 1.55. The van der Waals surface area contributed by atoms with Crippen molar-refractivity contribution < 1.29 is 31.9 Å².